The van der Waals surface area contributed by atoms with Crippen LogP contribution in [0.5, 0.6) is 0 Å². The van der Waals surface area contributed by atoms with Gasteiger partial charge in [-0.2, -0.15) is 4.31 Å². The van der Waals surface area contributed by atoms with Gasteiger partial charge in [-0.1, -0.05) is 12.1 Å². The Kier molecular flexibility index (Phi) is 5.65. The van der Waals surface area contributed by atoms with Gasteiger partial charge in [0, 0.05) is 37.6 Å². The van der Waals surface area contributed by atoms with E-state index in [9.17, 15) is 13.2 Å². The number of piperazine rings is 1. The molecule has 0 unspecified atom stereocenters. The largest absolute Gasteiger partial charge is 0.334 e. The lowest BCUT2D eigenvalue weighted by molar-refractivity contribution is -0.133. The van der Waals surface area contributed by atoms with Gasteiger partial charge in [0.2, 0.25) is 5.91 Å². The van der Waals surface area contributed by atoms with Crippen LogP contribution in [0.25, 0.3) is 0 Å². The minimum absolute atomic E-state index is 0.153. The van der Waals surface area contributed by atoms with Gasteiger partial charge < -0.3 is 4.90 Å². The molecule has 2 saturated heterocycles. The second-order valence-corrected chi connectivity index (χ2v) is 11.0. The van der Waals surface area contributed by atoms with Crippen molar-refractivity contribution in [1.82, 2.24) is 14.1 Å². The van der Waals surface area contributed by atoms with E-state index in [1.54, 1.807) is 28.8 Å². The van der Waals surface area contributed by atoms with Crippen molar-refractivity contribution in [2.24, 2.45) is 0 Å². The van der Waals surface area contributed by atoms with Crippen molar-refractivity contribution < 1.29 is 13.2 Å². The molecule has 0 aromatic carbocycles. The predicted molar refractivity (Wildman–Crippen MR) is 108 cm³/mol. The first kappa shape index (κ1) is 19.1. The topological polar surface area (TPSA) is 60.9 Å². The Hall–Kier alpha value is -1.26. The summed E-state index contributed by atoms with van der Waals surface area (Å²) < 4.78 is 27.1. The van der Waals surface area contributed by atoms with Crippen LogP contribution in [-0.2, 0) is 14.8 Å². The number of nitrogens with zero attached hydrogens (tertiary/aromatic N) is 3. The van der Waals surface area contributed by atoms with E-state index in [1.165, 1.54) is 20.5 Å². The second-order valence-electron chi connectivity index (χ2n) is 6.87. The Labute approximate surface area is 168 Å². The summed E-state index contributed by atoms with van der Waals surface area (Å²) in [6.07, 6.45) is 2.07. The molecule has 146 valence electrons. The molecule has 4 rings (SSSR count). The molecule has 2 aromatic heterocycles. The van der Waals surface area contributed by atoms with Crippen molar-refractivity contribution in [2.45, 2.75) is 23.1 Å². The van der Waals surface area contributed by atoms with E-state index in [-0.39, 0.29) is 11.9 Å². The van der Waals surface area contributed by atoms with E-state index >= 15 is 0 Å². The summed E-state index contributed by atoms with van der Waals surface area (Å²) in [6, 6.07) is 7.75. The van der Waals surface area contributed by atoms with Crippen LogP contribution in [0.4, 0.5) is 0 Å². The summed E-state index contributed by atoms with van der Waals surface area (Å²) in [5, 5.41) is 3.84. The van der Waals surface area contributed by atoms with Gasteiger partial charge in [0.25, 0.3) is 10.0 Å². The quantitative estimate of drug-likeness (QED) is 0.738. The Balaban J connectivity index is 1.33. The number of carbonyl (C=O) groups excluding carboxylic acids is 1. The smallest absolute Gasteiger partial charge is 0.252 e. The van der Waals surface area contributed by atoms with Crippen LogP contribution in [0.15, 0.2) is 39.2 Å². The first-order valence-electron chi connectivity index (χ1n) is 9.14. The number of hydrogen-bond acceptors (Lipinski definition) is 6. The van der Waals surface area contributed by atoms with Gasteiger partial charge in [0.1, 0.15) is 4.21 Å². The summed E-state index contributed by atoms with van der Waals surface area (Å²) in [6.45, 7) is 3.23. The van der Waals surface area contributed by atoms with Crippen molar-refractivity contribution in [3.8, 4) is 0 Å². The van der Waals surface area contributed by atoms with Crippen LogP contribution >= 0.6 is 22.7 Å². The standard InChI is InChI=1S/C18H23N3O3S3/c22-17(21-7-1-4-15(21)16-5-2-12-25-16)14-19-8-10-20(11-9-19)27(23,24)18-6-3-13-26-18/h2-3,5-6,12-13,15H,1,4,7-11,14H2/t15-/m0/s1. The number of sulfonamides is 1. The van der Waals surface area contributed by atoms with Crippen molar-refractivity contribution >= 4 is 38.6 Å². The van der Waals surface area contributed by atoms with E-state index in [0.29, 0.717) is 36.9 Å². The molecule has 0 aliphatic carbocycles. The van der Waals surface area contributed by atoms with Gasteiger partial charge >= 0.3 is 0 Å². The first-order chi connectivity index (χ1) is 13.1. The molecule has 2 aromatic rings. The average molecular weight is 426 g/mol. The third-order valence-electron chi connectivity index (χ3n) is 5.22. The van der Waals surface area contributed by atoms with Gasteiger partial charge in [-0.3, -0.25) is 9.69 Å². The van der Waals surface area contributed by atoms with Crippen molar-refractivity contribution in [2.75, 3.05) is 39.3 Å². The number of amides is 1. The summed E-state index contributed by atoms with van der Waals surface area (Å²) >= 11 is 2.96. The highest BCUT2D eigenvalue weighted by Gasteiger charge is 2.33. The maximum atomic E-state index is 12.8. The Bertz CT molecular complexity index is 857. The molecule has 27 heavy (non-hydrogen) atoms. The van der Waals surface area contributed by atoms with Crippen molar-refractivity contribution in [3.05, 3.63) is 39.9 Å². The number of thiophene rings is 2. The fraction of sp³-hybridized carbons (Fsp3) is 0.500. The monoisotopic (exact) mass is 425 g/mol. The van der Waals surface area contributed by atoms with E-state index in [4.69, 9.17) is 0 Å². The van der Waals surface area contributed by atoms with E-state index in [2.05, 4.69) is 16.3 Å². The predicted octanol–water partition coefficient (Wildman–Crippen LogP) is 2.48. The number of rotatable bonds is 5. The highest BCUT2D eigenvalue weighted by atomic mass is 32.2. The molecule has 0 spiro atoms. The molecule has 4 heterocycles. The highest BCUT2D eigenvalue weighted by molar-refractivity contribution is 7.91. The third-order valence-corrected chi connectivity index (χ3v) is 9.47. The van der Waals surface area contributed by atoms with Gasteiger partial charge in [-0.15, -0.1) is 22.7 Å². The lowest BCUT2D eigenvalue weighted by Crippen LogP contribution is -2.51. The third kappa shape index (κ3) is 3.97. The summed E-state index contributed by atoms with van der Waals surface area (Å²) in [4.78, 5) is 18.2. The molecule has 2 fully saturated rings. The molecule has 0 bridgehead atoms. The van der Waals surface area contributed by atoms with E-state index in [0.717, 1.165) is 19.4 Å². The summed E-state index contributed by atoms with van der Waals surface area (Å²) in [7, 11) is -3.39. The van der Waals surface area contributed by atoms with Crippen LogP contribution in [0, 0.1) is 0 Å². The molecule has 2 aliphatic heterocycles. The average Bonchev–Trinajstić information content (AvgIpc) is 3.44. The molecule has 9 heteroatoms. The zero-order chi connectivity index (χ0) is 18.9. The van der Waals surface area contributed by atoms with Crippen molar-refractivity contribution in [1.29, 1.82) is 0 Å². The van der Waals surface area contributed by atoms with Gasteiger partial charge in [0.05, 0.1) is 12.6 Å². The molecule has 0 saturated carbocycles. The molecule has 0 N–H and O–H groups in total. The number of likely N-dealkylation sites (tertiary alicyclic amines) is 1. The SMILES string of the molecule is O=C(CN1CCN(S(=O)(=O)c2cccs2)CC1)N1CCC[C@H]1c1cccs1. The van der Waals surface area contributed by atoms with Crippen LogP contribution < -0.4 is 0 Å². The zero-order valence-corrected chi connectivity index (χ0v) is 17.4. The van der Waals surface area contributed by atoms with Crippen LogP contribution in [-0.4, -0.2) is 67.7 Å². The lowest BCUT2D eigenvalue weighted by atomic mass is 10.2. The van der Waals surface area contributed by atoms with E-state index in [1.807, 2.05) is 11.0 Å². The fourth-order valence-corrected chi connectivity index (χ4v) is 7.23. The van der Waals surface area contributed by atoms with Crippen LogP contribution in [0.2, 0.25) is 0 Å². The minimum Gasteiger partial charge on any atom is -0.334 e. The number of carbonyl (C=O) groups is 1. The summed E-state index contributed by atoms with van der Waals surface area (Å²) in [5.41, 5.74) is 0. The zero-order valence-electron chi connectivity index (χ0n) is 15.0. The molecule has 6 nitrogen and oxygen atoms in total. The van der Waals surface area contributed by atoms with Crippen molar-refractivity contribution in [3.63, 3.8) is 0 Å². The molecule has 1 atom stereocenters. The summed E-state index contributed by atoms with van der Waals surface area (Å²) in [5.74, 6) is 0.153. The highest BCUT2D eigenvalue weighted by Crippen LogP contribution is 2.34. The second kappa shape index (κ2) is 8.00. The normalized spacial score (nSPS) is 22.4. The maximum absolute atomic E-state index is 12.8. The number of hydrogen-bond donors (Lipinski definition) is 0. The van der Waals surface area contributed by atoms with Gasteiger partial charge in [0.15, 0.2) is 0 Å². The van der Waals surface area contributed by atoms with Crippen LogP contribution in [0.1, 0.15) is 23.8 Å². The Morgan fingerprint density at radius 2 is 1.78 bits per heavy atom. The minimum atomic E-state index is -3.39. The Morgan fingerprint density at radius 3 is 2.44 bits per heavy atom. The molecular formula is C18H23N3O3S3. The molecule has 0 radical (unpaired) electrons. The maximum Gasteiger partial charge on any atom is 0.252 e. The fourth-order valence-electron chi connectivity index (χ4n) is 3.79. The van der Waals surface area contributed by atoms with Gasteiger partial charge in [-0.25, -0.2) is 8.42 Å². The molecular weight excluding hydrogens is 402 g/mol. The van der Waals surface area contributed by atoms with Gasteiger partial charge in [-0.05, 0) is 35.7 Å². The Morgan fingerprint density at radius 1 is 1.04 bits per heavy atom. The molecule has 2 aliphatic rings. The lowest BCUT2D eigenvalue weighted by Gasteiger charge is -2.34. The first-order valence-corrected chi connectivity index (χ1v) is 12.3. The van der Waals surface area contributed by atoms with Crippen LogP contribution in [0.3, 0.4) is 0 Å². The van der Waals surface area contributed by atoms with E-state index < -0.39 is 10.0 Å². The molecule has 1 amide bonds.